The van der Waals surface area contributed by atoms with Crippen LogP contribution in [0.1, 0.15) is 59.3 Å². The van der Waals surface area contributed by atoms with Gasteiger partial charge in [0.25, 0.3) is 5.91 Å². The van der Waals surface area contributed by atoms with Crippen LogP contribution in [0, 0.1) is 29.2 Å². The van der Waals surface area contributed by atoms with Gasteiger partial charge < -0.3 is 35.0 Å². The Balaban J connectivity index is 1.49. The van der Waals surface area contributed by atoms with Gasteiger partial charge in [-0.05, 0) is 56.0 Å². The first-order valence-corrected chi connectivity index (χ1v) is 14.9. The molecule has 11 nitrogen and oxygen atoms in total. The summed E-state index contributed by atoms with van der Waals surface area (Å²) in [5, 5.41) is 4.59. The second-order valence-electron chi connectivity index (χ2n) is 11.1. The number of amides is 3. The summed E-state index contributed by atoms with van der Waals surface area (Å²) in [4.78, 5) is 42.8. The van der Waals surface area contributed by atoms with Gasteiger partial charge in [-0.2, -0.15) is 8.78 Å². The van der Waals surface area contributed by atoms with Gasteiger partial charge in [0.15, 0.2) is 29.1 Å². The SMILES string of the molecule is CC(OC(N)=O)c1oc(-c2ccc(OC(F)F)c(OCC3CC3)c2)nc1C(=O)NC(C(=O)NCc1ccc(F)cc1F)c1ccc(F)cc1F. The van der Waals surface area contributed by atoms with E-state index in [4.69, 9.17) is 19.6 Å². The molecule has 2 unspecified atom stereocenters. The van der Waals surface area contributed by atoms with Crippen LogP contribution in [-0.2, 0) is 16.1 Å². The second-order valence-corrected chi connectivity index (χ2v) is 11.1. The van der Waals surface area contributed by atoms with E-state index in [-0.39, 0.29) is 41.0 Å². The van der Waals surface area contributed by atoms with Gasteiger partial charge in [-0.15, -0.1) is 0 Å². The number of alkyl halides is 2. The zero-order valence-corrected chi connectivity index (χ0v) is 26.0. The minimum atomic E-state index is -3.16. The molecular formula is C33H28F6N4O7. The Kier molecular flexibility index (Phi) is 10.8. The summed E-state index contributed by atoms with van der Waals surface area (Å²) in [5.74, 6) is -7.17. The van der Waals surface area contributed by atoms with Crippen molar-refractivity contribution in [3.05, 3.63) is 100 Å². The van der Waals surface area contributed by atoms with Crippen LogP contribution in [0.25, 0.3) is 11.5 Å². The summed E-state index contributed by atoms with van der Waals surface area (Å²) in [6.07, 6.45) is -0.829. The zero-order valence-electron chi connectivity index (χ0n) is 26.0. The number of hydrogen-bond donors (Lipinski definition) is 3. The number of primary amides is 1. The molecule has 3 amide bonds. The highest BCUT2D eigenvalue weighted by atomic mass is 19.3. The molecular weight excluding hydrogens is 678 g/mol. The maximum absolute atomic E-state index is 15.0. The second kappa shape index (κ2) is 15.2. The summed E-state index contributed by atoms with van der Waals surface area (Å²) in [6, 6.07) is 6.62. The van der Waals surface area contributed by atoms with Gasteiger partial charge in [-0.3, -0.25) is 9.59 Å². The van der Waals surface area contributed by atoms with Crippen LogP contribution in [-0.4, -0.2) is 36.1 Å². The summed E-state index contributed by atoms with van der Waals surface area (Å²) in [6.45, 7) is -2.19. The van der Waals surface area contributed by atoms with Gasteiger partial charge in [0.05, 0.1) is 6.61 Å². The Morgan fingerprint density at radius 1 is 0.960 bits per heavy atom. The molecule has 1 aromatic heterocycles. The number of oxazole rings is 1. The third-order valence-corrected chi connectivity index (χ3v) is 7.39. The lowest BCUT2D eigenvalue weighted by atomic mass is 10.0. The van der Waals surface area contributed by atoms with E-state index in [0.717, 1.165) is 43.2 Å². The van der Waals surface area contributed by atoms with Crippen molar-refractivity contribution in [2.45, 2.75) is 45.1 Å². The van der Waals surface area contributed by atoms with Crippen LogP contribution in [0.3, 0.4) is 0 Å². The van der Waals surface area contributed by atoms with Gasteiger partial charge >= 0.3 is 12.7 Å². The van der Waals surface area contributed by atoms with Crippen molar-refractivity contribution in [3.63, 3.8) is 0 Å². The molecule has 0 saturated heterocycles. The maximum atomic E-state index is 15.0. The molecule has 1 aliphatic rings. The number of aromatic nitrogens is 1. The monoisotopic (exact) mass is 706 g/mol. The first-order chi connectivity index (χ1) is 23.8. The smallest absolute Gasteiger partial charge is 0.405 e. The number of nitrogens with two attached hydrogens (primary N) is 1. The van der Waals surface area contributed by atoms with Crippen molar-refractivity contribution in [2.24, 2.45) is 11.7 Å². The van der Waals surface area contributed by atoms with Crippen LogP contribution in [0.15, 0.2) is 59.0 Å². The Hall–Kier alpha value is -5.74. The quantitative estimate of drug-likeness (QED) is 0.130. The largest absolute Gasteiger partial charge is 0.489 e. The molecule has 17 heteroatoms. The van der Waals surface area contributed by atoms with Gasteiger partial charge in [0.1, 0.15) is 29.3 Å². The van der Waals surface area contributed by atoms with E-state index in [1.165, 1.54) is 19.1 Å². The lowest BCUT2D eigenvalue weighted by Gasteiger charge is -2.20. The molecule has 264 valence electrons. The molecule has 1 saturated carbocycles. The first kappa shape index (κ1) is 35.6. The molecule has 5 rings (SSSR count). The van der Waals surface area contributed by atoms with Crippen molar-refractivity contribution in [2.75, 3.05) is 6.61 Å². The van der Waals surface area contributed by atoms with Gasteiger partial charge in [-0.25, -0.2) is 27.3 Å². The van der Waals surface area contributed by atoms with E-state index in [9.17, 15) is 40.7 Å². The molecule has 1 fully saturated rings. The number of halogens is 6. The zero-order chi connectivity index (χ0) is 36.1. The van der Waals surface area contributed by atoms with Crippen LogP contribution >= 0.6 is 0 Å². The molecule has 50 heavy (non-hydrogen) atoms. The fraction of sp³-hybridized carbons (Fsp3) is 0.273. The van der Waals surface area contributed by atoms with Crippen molar-refractivity contribution < 1.29 is 59.4 Å². The van der Waals surface area contributed by atoms with E-state index in [2.05, 4.69) is 20.4 Å². The number of nitrogens with zero attached hydrogens (tertiary/aromatic N) is 1. The minimum Gasteiger partial charge on any atom is -0.489 e. The van der Waals surface area contributed by atoms with Crippen LogP contribution < -0.4 is 25.8 Å². The standard InChI is InChI=1S/C33H28F6N4O7/c1-15(48-33(40)46)28-27(43-31(50-28)17-5-9-24(49-32(38)39)25(10-17)47-14-16-2-3-16)30(45)42-26(21-8-7-20(35)12-23(21)37)29(44)41-13-18-4-6-19(34)11-22(18)36/h4-12,15-16,26,32H,2-3,13-14H2,1H3,(H2,40,46)(H,41,44)(H,42,45). The molecule has 0 bridgehead atoms. The van der Waals surface area contributed by atoms with Gasteiger partial charge in [0.2, 0.25) is 11.8 Å². The molecule has 0 aliphatic heterocycles. The minimum absolute atomic E-state index is 0.0806. The van der Waals surface area contributed by atoms with E-state index in [0.29, 0.717) is 12.1 Å². The van der Waals surface area contributed by atoms with E-state index in [1.54, 1.807) is 0 Å². The topological polar surface area (TPSA) is 155 Å². The lowest BCUT2D eigenvalue weighted by Crippen LogP contribution is -2.41. The average molecular weight is 707 g/mol. The number of carbonyl (C=O) groups is 3. The Morgan fingerprint density at radius 2 is 1.66 bits per heavy atom. The number of ether oxygens (including phenoxy) is 3. The normalized spacial score (nSPS) is 13.8. The van der Waals surface area contributed by atoms with Crippen LogP contribution in [0.2, 0.25) is 0 Å². The average Bonchev–Trinajstić information content (AvgIpc) is 3.77. The van der Waals surface area contributed by atoms with Gasteiger partial charge in [0, 0.05) is 35.4 Å². The van der Waals surface area contributed by atoms with Crippen molar-refractivity contribution in [1.82, 2.24) is 15.6 Å². The molecule has 4 aromatic rings. The number of rotatable bonds is 14. The van der Waals surface area contributed by atoms with E-state index >= 15 is 0 Å². The van der Waals surface area contributed by atoms with E-state index < -0.39 is 83.5 Å². The predicted molar refractivity (Wildman–Crippen MR) is 161 cm³/mol. The number of hydrogen-bond acceptors (Lipinski definition) is 8. The molecule has 1 heterocycles. The third-order valence-electron chi connectivity index (χ3n) is 7.39. The number of nitrogens with one attached hydrogen (secondary N) is 2. The third kappa shape index (κ3) is 8.83. The highest BCUT2D eigenvalue weighted by Crippen LogP contribution is 2.37. The fourth-order valence-electron chi connectivity index (χ4n) is 4.73. The summed E-state index contributed by atoms with van der Waals surface area (Å²) in [5.41, 5.74) is 4.03. The first-order valence-electron chi connectivity index (χ1n) is 14.9. The van der Waals surface area contributed by atoms with Crippen molar-refractivity contribution >= 4 is 17.9 Å². The number of benzene rings is 3. The number of carbonyl (C=O) groups excluding carboxylic acids is 3. The van der Waals surface area contributed by atoms with Crippen LogP contribution in [0.5, 0.6) is 11.5 Å². The molecule has 0 spiro atoms. The van der Waals surface area contributed by atoms with Gasteiger partial charge in [-0.1, -0.05) is 12.1 Å². The summed E-state index contributed by atoms with van der Waals surface area (Å²) < 4.78 is 103. The molecule has 4 N–H and O–H groups in total. The van der Waals surface area contributed by atoms with Crippen LogP contribution in [0.4, 0.5) is 31.1 Å². The fourth-order valence-corrected chi connectivity index (χ4v) is 4.73. The molecule has 0 radical (unpaired) electrons. The molecule has 3 aromatic carbocycles. The van der Waals surface area contributed by atoms with Crippen molar-refractivity contribution in [1.29, 1.82) is 0 Å². The lowest BCUT2D eigenvalue weighted by molar-refractivity contribution is -0.123. The summed E-state index contributed by atoms with van der Waals surface area (Å²) in [7, 11) is 0. The highest BCUT2D eigenvalue weighted by Gasteiger charge is 2.32. The summed E-state index contributed by atoms with van der Waals surface area (Å²) >= 11 is 0. The van der Waals surface area contributed by atoms with Crippen molar-refractivity contribution in [3.8, 4) is 23.0 Å². The Bertz CT molecular complexity index is 1900. The van der Waals surface area contributed by atoms with E-state index in [1.807, 2.05) is 0 Å². The maximum Gasteiger partial charge on any atom is 0.405 e. The Morgan fingerprint density at radius 3 is 2.30 bits per heavy atom. The molecule has 2 atom stereocenters. The highest BCUT2D eigenvalue weighted by molar-refractivity contribution is 5.97. The molecule has 1 aliphatic carbocycles. The predicted octanol–water partition coefficient (Wildman–Crippen LogP) is 6.23. The Labute approximate surface area is 279 Å².